The van der Waals surface area contributed by atoms with Crippen molar-refractivity contribution in [3.05, 3.63) is 21.4 Å². The molecule has 0 amide bonds. The van der Waals surface area contributed by atoms with Gasteiger partial charge in [0, 0.05) is 22.3 Å². The monoisotopic (exact) mass is 262 g/mol. The lowest BCUT2D eigenvalue weighted by Gasteiger charge is -2.13. The summed E-state index contributed by atoms with van der Waals surface area (Å²) in [6, 6.07) is 2.29. The molecule has 0 radical (unpaired) electrons. The lowest BCUT2D eigenvalue weighted by Crippen LogP contribution is -2.28. The molecule has 0 bridgehead atoms. The molecule has 3 N–H and O–H groups in total. The minimum absolute atomic E-state index is 0.0283. The molecule has 0 aliphatic rings. The van der Waals surface area contributed by atoms with Crippen molar-refractivity contribution in [1.82, 2.24) is 5.32 Å². The first kappa shape index (κ1) is 13.6. The van der Waals surface area contributed by atoms with Crippen LogP contribution in [-0.4, -0.2) is 20.7 Å². The molecule has 1 aromatic heterocycles. The van der Waals surface area contributed by atoms with Crippen LogP contribution in [0.15, 0.2) is 6.07 Å². The second kappa shape index (κ2) is 5.27. The number of rotatable bonds is 5. The maximum absolute atomic E-state index is 10.8. The molecule has 0 aliphatic heterocycles. The maximum Gasteiger partial charge on any atom is 0.210 e. The smallest absolute Gasteiger partial charge is 0.210 e. The van der Waals surface area contributed by atoms with Gasteiger partial charge in [-0.05, 0) is 32.4 Å². The van der Waals surface area contributed by atoms with E-state index in [-0.39, 0.29) is 11.8 Å². The van der Waals surface area contributed by atoms with Gasteiger partial charge in [-0.15, -0.1) is 11.3 Å². The van der Waals surface area contributed by atoms with E-state index in [0.717, 1.165) is 0 Å². The topological polar surface area (TPSA) is 72.2 Å². The van der Waals surface area contributed by atoms with Gasteiger partial charge in [-0.25, -0.2) is 13.6 Å². The van der Waals surface area contributed by atoms with Crippen molar-refractivity contribution in [2.75, 3.05) is 12.3 Å². The predicted molar refractivity (Wildman–Crippen MR) is 68.2 cm³/mol. The Morgan fingerprint density at radius 1 is 1.50 bits per heavy atom. The highest BCUT2D eigenvalue weighted by molar-refractivity contribution is 7.89. The van der Waals surface area contributed by atoms with Crippen molar-refractivity contribution in [3.8, 4) is 0 Å². The van der Waals surface area contributed by atoms with Crippen molar-refractivity contribution in [2.24, 2.45) is 5.14 Å². The number of hydrogen-bond acceptors (Lipinski definition) is 4. The van der Waals surface area contributed by atoms with Gasteiger partial charge in [0.1, 0.15) is 0 Å². The Morgan fingerprint density at radius 2 is 2.12 bits per heavy atom. The molecule has 1 atom stereocenters. The Balaban J connectivity index is 2.53. The van der Waals surface area contributed by atoms with Crippen molar-refractivity contribution < 1.29 is 8.42 Å². The Morgan fingerprint density at radius 3 is 2.56 bits per heavy atom. The van der Waals surface area contributed by atoms with Crippen LogP contribution in [0.4, 0.5) is 0 Å². The van der Waals surface area contributed by atoms with E-state index in [0.29, 0.717) is 6.54 Å². The van der Waals surface area contributed by atoms with Crippen LogP contribution in [-0.2, 0) is 10.0 Å². The minimum Gasteiger partial charge on any atom is -0.309 e. The van der Waals surface area contributed by atoms with Crippen LogP contribution < -0.4 is 10.5 Å². The number of nitrogens with one attached hydrogen (secondary N) is 1. The summed E-state index contributed by atoms with van der Waals surface area (Å²) in [6.07, 6.45) is 0. The first-order chi connectivity index (χ1) is 7.29. The predicted octanol–water partition coefficient (Wildman–Crippen LogP) is 1.30. The average molecular weight is 262 g/mol. The number of hydrogen-bond donors (Lipinski definition) is 2. The van der Waals surface area contributed by atoms with Crippen LogP contribution in [0.5, 0.6) is 0 Å². The molecular weight excluding hydrogens is 244 g/mol. The summed E-state index contributed by atoms with van der Waals surface area (Å²) in [5.41, 5.74) is 1.23. The van der Waals surface area contributed by atoms with Crippen LogP contribution >= 0.6 is 11.3 Å². The van der Waals surface area contributed by atoms with Crippen LogP contribution in [0, 0.1) is 13.8 Å². The van der Waals surface area contributed by atoms with E-state index < -0.39 is 10.0 Å². The van der Waals surface area contributed by atoms with Crippen LogP contribution in [0.1, 0.15) is 28.3 Å². The van der Waals surface area contributed by atoms with Gasteiger partial charge in [0.25, 0.3) is 0 Å². The van der Waals surface area contributed by atoms with E-state index in [2.05, 4.69) is 25.2 Å². The molecular formula is C10H18N2O2S2. The summed E-state index contributed by atoms with van der Waals surface area (Å²) >= 11 is 1.75. The molecule has 0 fully saturated rings. The highest BCUT2D eigenvalue weighted by Gasteiger charge is 2.11. The molecule has 0 spiro atoms. The second-order valence-electron chi connectivity index (χ2n) is 3.91. The number of primary sulfonamides is 1. The molecule has 1 rings (SSSR count). The second-order valence-corrected chi connectivity index (χ2v) is 7.11. The highest BCUT2D eigenvalue weighted by atomic mass is 32.2. The van der Waals surface area contributed by atoms with Crippen molar-refractivity contribution >= 4 is 21.4 Å². The van der Waals surface area contributed by atoms with E-state index in [1.54, 1.807) is 11.3 Å². The summed E-state index contributed by atoms with van der Waals surface area (Å²) in [6.45, 7) is 6.55. The van der Waals surface area contributed by atoms with E-state index in [1.165, 1.54) is 15.3 Å². The Hall–Kier alpha value is -0.430. The molecule has 16 heavy (non-hydrogen) atoms. The van der Waals surface area contributed by atoms with Gasteiger partial charge in [-0.3, -0.25) is 0 Å². The number of thiophene rings is 1. The van der Waals surface area contributed by atoms with Crippen molar-refractivity contribution in [3.63, 3.8) is 0 Å². The van der Waals surface area contributed by atoms with Crippen LogP contribution in [0.3, 0.4) is 0 Å². The fourth-order valence-electron chi connectivity index (χ4n) is 1.61. The Kier molecular flexibility index (Phi) is 4.49. The molecule has 1 heterocycles. The first-order valence-corrected chi connectivity index (χ1v) is 7.63. The fraction of sp³-hybridized carbons (Fsp3) is 0.600. The molecule has 6 heteroatoms. The molecule has 4 nitrogen and oxygen atoms in total. The molecule has 0 aromatic carbocycles. The summed E-state index contributed by atoms with van der Waals surface area (Å²) < 4.78 is 21.5. The SMILES string of the molecule is Cc1cc(C(C)NCCS(N)(=O)=O)c(C)s1. The van der Waals surface area contributed by atoms with Gasteiger partial charge in [0.2, 0.25) is 10.0 Å². The number of aryl methyl sites for hydroxylation is 2. The maximum atomic E-state index is 10.8. The Labute approximate surface area is 101 Å². The average Bonchev–Trinajstić information content (AvgIpc) is 2.43. The standard InChI is InChI=1S/C10H18N2O2S2/c1-7-6-10(9(3)15-7)8(2)12-4-5-16(11,13)14/h6,8,12H,4-5H2,1-3H3,(H2,11,13,14). The summed E-state index contributed by atoms with van der Waals surface area (Å²) in [5.74, 6) is -0.0283. The number of nitrogens with two attached hydrogens (primary N) is 1. The summed E-state index contributed by atoms with van der Waals surface area (Å²) in [5, 5.41) is 8.09. The zero-order valence-corrected chi connectivity index (χ0v) is 11.4. The summed E-state index contributed by atoms with van der Waals surface area (Å²) in [7, 11) is -3.37. The lowest BCUT2D eigenvalue weighted by molar-refractivity contribution is 0.573. The third kappa shape index (κ3) is 4.21. The highest BCUT2D eigenvalue weighted by Crippen LogP contribution is 2.25. The van der Waals surface area contributed by atoms with Gasteiger partial charge < -0.3 is 5.32 Å². The fourth-order valence-corrected chi connectivity index (χ4v) is 3.03. The van der Waals surface area contributed by atoms with Crippen molar-refractivity contribution in [1.29, 1.82) is 0 Å². The molecule has 0 saturated heterocycles. The van der Waals surface area contributed by atoms with E-state index in [1.807, 2.05) is 6.92 Å². The summed E-state index contributed by atoms with van der Waals surface area (Å²) in [4.78, 5) is 2.54. The van der Waals surface area contributed by atoms with Gasteiger partial charge >= 0.3 is 0 Å². The third-order valence-corrected chi connectivity index (χ3v) is 4.14. The molecule has 92 valence electrons. The largest absolute Gasteiger partial charge is 0.309 e. The zero-order chi connectivity index (χ0) is 12.3. The first-order valence-electron chi connectivity index (χ1n) is 5.10. The normalized spacial score (nSPS) is 14.0. The van der Waals surface area contributed by atoms with Gasteiger partial charge in [0.15, 0.2) is 0 Å². The van der Waals surface area contributed by atoms with E-state index in [9.17, 15) is 8.42 Å². The van der Waals surface area contributed by atoms with Crippen LogP contribution in [0.2, 0.25) is 0 Å². The van der Waals surface area contributed by atoms with Crippen molar-refractivity contribution in [2.45, 2.75) is 26.8 Å². The van der Waals surface area contributed by atoms with Crippen LogP contribution in [0.25, 0.3) is 0 Å². The molecule has 1 aromatic rings. The van der Waals surface area contributed by atoms with Gasteiger partial charge in [-0.2, -0.15) is 0 Å². The zero-order valence-electron chi connectivity index (χ0n) is 9.78. The number of sulfonamides is 1. The molecule has 0 aliphatic carbocycles. The van der Waals surface area contributed by atoms with Gasteiger partial charge in [-0.1, -0.05) is 0 Å². The molecule has 1 unspecified atom stereocenters. The van der Waals surface area contributed by atoms with Gasteiger partial charge in [0.05, 0.1) is 5.75 Å². The van der Waals surface area contributed by atoms with E-state index >= 15 is 0 Å². The quantitative estimate of drug-likeness (QED) is 0.840. The lowest BCUT2D eigenvalue weighted by atomic mass is 10.1. The third-order valence-electron chi connectivity index (χ3n) is 2.38. The Bertz CT molecular complexity index is 451. The van der Waals surface area contributed by atoms with E-state index in [4.69, 9.17) is 5.14 Å². The minimum atomic E-state index is -3.37. The molecule has 0 saturated carbocycles.